The second-order valence-electron chi connectivity index (χ2n) is 5.65. The topological polar surface area (TPSA) is 97.4 Å². The number of thioether (sulfide) groups is 1. The summed E-state index contributed by atoms with van der Waals surface area (Å²) >= 11 is 4.37. The maximum Gasteiger partial charge on any atom is 0.264 e. The zero-order chi connectivity index (χ0) is 18.3. The molecule has 1 unspecified atom stereocenters. The molecule has 134 valence electrons. The van der Waals surface area contributed by atoms with Crippen LogP contribution in [0.15, 0.2) is 63.1 Å². The fraction of sp³-hybridized carbons (Fsp3) is 0.125. The number of nitrogens with two attached hydrogens (primary N) is 1. The summed E-state index contributed by atoms with van der Waals surface area (Å²) in [6, 6.07) is 15.1. The highest BCUT2D eigenvalue weighted by molar-refractivity contribution is 9.10. The summed E-state index contributed by atoms with van der Waals surface area (Å²) in [5.41, 5.74) is 1.00. The van der Waals surface area contributed by atoms with Crippen LogP contribution in [0.1, 0.15) is 11.6 Å². The third-order valence-electron chi connectivity index (χ3n) is 3.77. The summed E-state index contributed by atoms with van der Waals surface area (Å²) in [6.07, 6.45) is 0. The molecule has 7 nitrogen and oxygen atoms in total. The van der Waals surface area contributed by atoms with Crippen molar-refractivity contribution in [3.63, 3.8) is 0 Å². The minimum atomic E-state index is -3.79. The van der Waals surface area contributed by atoms with Crippen molar-refractivity contribution >= 4 is 47.3 Å². The van der Waals surface area contributed by atoms with E-state index in [1.807, 2.05) is 48.5 Å². The lowest BCUT2D eigenvalue weighted by molar-refractivity contribution is 0.461. The van der Waals surface area contributed by atoms with Gasteiger partial charge in [-0.15, -0.1) is 5.10 Å². The van der Waals surface area contributed by atoms with E-state index >= 15 is 0 Å². The lowest BCUT2D eigenvalue weighted by Gasteiger charge is -2.11. The van der Waals surface area contributed by atoms with Crippen molar-refractivity contribution in [3.05, 3.63) is 58.6 Å². The molecule has 0 saturated carbocycles. The summed E-state index contributed by atoms with van der Waals surface area (Å²) in [4.78, 5) is 4.53. The highest BCUT2D eigenvalue weighted by atomic mass is 79.9. The number of sulfonamides is 1. The van der Waals surface area contributed by atoms with Gasteiger partial charge in [0.1, 0.15) is 11.5 Å². The third-order valence-corrected chi connectivity index (χ3v) is 6.57. The molecule has 0 radical (unpaired) electrons. The molecule has 1 atom stereocenters. The van der Waals surface area contributed by atoms with Crippen molar-refractivity contribution in [1.29, 1.82) is 0 Å². The Morgan fingerprint density at radius 3 is 2.31 bits per heavy atom. The van der Waals surface area contributed by atoms with E-state index in [1.54, 1.807) is 5.01 Å². The van der Waals surface area contributed by atoms with E-state index in [4.69, 9.17) is 9.88 Å². The largest absolute Gasteiger partial charge is 0.457 e. The molecule has 0 spiro atoms. The number of aliphatic imine (C=N–C) groups is 1. The van der Waals surface area contributed by atoms with Crippen LogP contribution in [0.4, 0.5) is 0 Å². The maximum absolute atomic E-state index is 11.4. The van der Waals surface area contributed by atoms with E-state index in [0.717, 1.165) is 33.3 Å². The van der Waals surface area contributed by atoms with E-state index in [2.05, 4.69) is 26.0 Å². The lowest BCUT2D eigenvalue weighted by atomic mass is 10.1. The molecule has 2 aromatic carbocycles. The van der Waals surface area contributed by atoms with Gasteiger partial charge in [0.25, 0.3) is 10.0 Å². The zero-order valence-corrected chi connectivity index (χ0v) is 16.5. The Morgan fingerprint density at radius 1 is 1.12 bits per heavy atom. The van der Waals surface area contributed by atoms with Gasteiger partial charge in [-0.3, -0.25) is 4.99 Å². The van der Waals surface area contributed by atoms with Crippen molar-refractivity contribution in [3.8, 4) is 11.5 Å². The average molecular weight is 453 g/mol. The van der Waals surface area contributed by atoms with Gasteiger partial charge in [0.15, 0.2) is 5.17 Å². The van der Waals surface area contributed by atoms with Gasteiger partial charge in [0, 0.05) is 4.47 Å². The zero-order valence-electron chi connectivity index (χ0n) is 13.2. The predicted molar refractivity (Wildman–Crippen MR) is 106 cm³/mol. The Bertz CT molecular complexity index is 1000. The monoisotopic (exact) mass is 452 g/mol. The van der Waals surface area contributed by atoms with Crippen LogP contribution in [0, 0.1) is 0 Å². The summed E-state index contributed by atoms with van der Waals surface area (Å²) in [5, 5.41) is 11.2. The Morgan fingerprint density at radius 2 is 1.73 bits per heavy atom. The molecule has 0 bridgehead atoms. The normalized spacial score (nSPS) is 19.2. The third kappa shape index (κ3) is 3.63. The number of nitrogens with zero attached hydrogens (tertiary/aromatic N) is 3. The number of benzene rings is 2. The minimum absolute atomic E-state index is 0.106. The quantitative estimate of drug-likeness (QED) is 0.770. The van der Waals surface area contributed by atoms with Gasteiger partial charge in [-0.25, -0.2) is 18.6 Å². The predicted octanol–water partition coefficient (Wildman–Crippen LogP) is 3.26. The minimum Gasteiger partial charge on any atom is -0.457 e. The second kappa shape index (κ2) is 6.69. The molecular formula is C16H13BrN4O3S2. The van der Waals surface area contributed by atoms with Crippen LogP contribution in [-0.4, -0.2) is 29.5 Å². The first kappa shape index (κ1) is 17.5. The summed E-state index contributed by atoms with van der Waals surface area (Å²) in [6.45, 7) is 0.480. The van der Waals surface area contributed by atoms with Crippen molar-refractivity contribution in [1.82, 2.24) is 5.01 Å². The van der Waals surface area contributed by atoms with Gasteiger partial charge in [-0.2, -0.15) is 0 Å². The first-order chi connectivity index (χ1) is 12.4. The Balaban J connectivity index is 1.44. The van der Waals surface area contributed by atoms with Crippen LogP contribution in [0.25, 0.3) is 0 Å². The van der Waals surface area contributed by atoms with E-state index in [9.17, 15) is 8.42 Å². The van der Waals surface area contributed by atoms with Gasteiger partial charge >= 0.3 is 0 Å². The van der Waals surface area contributed by atoms with Crippen molar-refractivity contribution in [2.45, 2.75) is 6.04 Å². The second-order valence-corrected chi connectivity index (χ2v) is 9.25. The molecule has 2 aliphatic heterocycles. The van der Waals surface area contributed by atoms with E-state index in [1.165, 1.54) is 0 Å². The highest BCUT2D eigenvalue weighted by Crippen LogP contribution is 2.35. The van der Waals surface area contributed by atoms with Crippen molar-refractivity contribution in [2.75, 3.05) is 6.54 Å². The molecule has 2 aromatic rings. The van der Waals surface area contributed by atoms with Crippen LogP contribution in [0.2, 0.25) is 0 Å². The number of amidine groups is 1. The van der Waals surface area contributed by atoms with Gasteiger partial charge in [-0.1, -0.05) is 28.1 Å². The van der Waals surface area contributed by atoms with Crippen LogP contribution in [-0.2, 0) is 10.0 Å². The number of fused-ring (bicyclic) bond motifs is 1. The Kier molecular flexibility index (Phi) is 4.51. The molecule has 0 aromatic heterocycles. The fourth-order valence-electron chi connectivity index (χ4n) is 2.53. The number of halogens is 1. The Hall–Kier alpha value is -1.88. The highest BCUT2D eigenvalue weighted by Gasteiger charge is 2.36. The van der Waals surface area contributed by atoms with E-state index in [0.29, 0.717) is 11.7 Å². The molecule has 10 heteroatoms. The summed E-state index contributed by atoms with van der Waals surface area (Å²) in [5.74, 6) is 1.48. The smallest absolute Gasteiger partial charge is 0.264 e. The molecule has 0 aliphatic carbocycles. The maximum atomic E-state index is 11.4. The lowest BCUT2D eigenvalue weighted by Crippen LogP contribution is -2.20. The number of hydrogen-bond donors (Lipinski definition) is 1. The number of hydrazone groups is 1. The summed E-state index contributed by atoms with van der Waals surface area (Å²) < 4.78 is 29.4. The van der Waals surface area contributed by atoms with E-state index in [-0.39, 0.29) is 10.4 Å². The standard InChI is InChI=1S/C16H13BrN4O3S2/c17-11-3-7-13(8-4-11)24-12-5-1-10(2-6-12)14-9-21-15(19-14)25-16(20-21)26(18,22)23/h1-8,14H,9H2,(H2,18,22,23). The number of hydrogen-bond acceptors (Lipinski definition) is 7. The SMILES string of the molecule is NS(=O)(=O)C1=NN2CC(c3ccc(Oc4ccc(Br)cc4)cc3)N=C2S1. The fourth-order valence-corrected chi connectivity index (χ4v) is 4.40. The van der Waals surface area contributed by atoms with Crippen molar-refractivity contribution < 1.29 is 13.2 Å². The average Bonchev–Trinajstić information content (AvgIpc) is 3.16. The van der Waals surface area contributed by atoms with Crippen molar-refractivity contribution in [2.24, 2.45) is 15.2 Å². The van der Waals surface area contributed by atoms with Gasteiger partial charge in [0.05, 0.1) is 12.6 Å². The molecule has 2 heterocycles. The molecule has 2 N–H and O–H groups in total. The molecule has 4 rings (SSSR count). The van der Waals surface area contributed by atoms with Crippen LogP contribution < -0.4 is 9.88 Å². The van der Waals surface area contributed by atoms with E-state index < -0.39 is 10.0 Å². The number of ether oxygens (including phenoxy) is 1. The number of rotatable bonds is 3. The van der Waals surface area contributed by atoms with Gasteiger partial charge < -0.3 is 4.74 Å². The Labute approximate surface area is 163 Å². The molecule has 26 heavy (non-hydrogen) atoms. The summed E-state index contributed by atoms with van der Waals surface area (Å²) in [7, 11) is -3.79. The number of primary sulfonamides is 1. The molecule has 0 amide bonds. The molecular weight excluding hydrogens is 440 g/mol. The first-order valence-electron chi connectivity index (χ1n) is 7.56. The van der Waals surface area contributed by atoms with Crippen LogP contribution in [0.3, 0.4) is 0 Å². The van der Waals surface area contributed by atoms with Crippen LogP contribution in [0.5, 0.6) is 11.5 Å². The van der Waals surface area contributed by atoms with Gasteiger partial charge in [-0.05, 0) is 53.7 Å². The van der Waals surface area contributed by atoms with Crippen LogP contribution >= 0.6 is 27.7 Å². The van der Waals surface area contributed by atoms with Gasteiger partial charge in [0.2, 0.25) is 4.38 Å². The molecule has 0 saturated heterocycles. The molecule has 0 fully saturated rings. The molecule has 2 aliphatic rings. The first-order valence-corrected chi connectivity index (χ1v) is 10.7.